The molecule has 20 heavy (non-hydrogen) atoms. The van der Waals surface area contributed by atoms with E-state index in [-0.39, 0.29) is 11.8 Å². The van der Waals surface area contributed by atoms with Gasteiger partial charge in [0.15, 0.2) is 9.84 Å². The lowest BCUT2D eigenvalue weighted by molar-refractivity contribution is 0.0943. The van der Waals surface area contributed by atoms with E-state index in [2.05, 4.69) is 10.2 Å². The van der Waals surface area contributed by atoms with Gasteiger partial charge in [-0.1, -0.05) is 6.92 Å². The average molecular weight is 298 g/mol. The first kappa shape index (κ1) is 15.3. The van der Waals surface area contributed by atoms with Gasteiger partial charge in [-0.25, -0.2) is 8.42 Å². The Bertz CT molecular complexity index is 526. The number of ether oxygens (including phenoxy) is 1. The minimum Gasteiger partial charge on any atom is -0.377 e. The molecule has 1 unspecified atom stereocenters. The van der Waals surface area contributed by atoms with E-state index < -0.39 is 9.84 Å². The summed E-state index contributed by atoms with van der Waals surface area (Å²) in [6.45, 7) is 4.72. The van der Waals surface area contributed by atoms with Gasteiger partial charge in [0.2, 0.25) is 0 Å². The molecule has 0 aromatic heterocycles. The summed E-state index contributed by atoms with van der Waals surface area (Å²) in [7, 11) is -1.20. The van der Waals surface area contributed by atoms with E-state index in [1.54, 1.807) is 19.1 Å². The fourth-order valence-corrected chi connectivity index (χ4v) is 3.30. The van der Waals surface area contributed by atoms with E-state index in [4.69, 9.17) is 4.74 Å². The van der Waals surface area contributed by atoms with Crippen LogP contribution in [-0.4, -0.2) is 53.6 Å². The van der Waals surface area contributed by atoms with Crippen molar-refractivity contribution in [3.8, 4) is 0 Å². The summed E-state index contributed by atoms with van der Waals surface area (Å²) in [4.78, 5) is 2.66. The van der Waals surface area contributed by atoms with Crippen LogP contribution >= 0.6 is 0 Å². The Balaban J connectivity index is 2.20. The fraction of sp³-hybridized carbons (Fsp3) is 0.571. The number of nitrogens with one attached hydrogen (secondary N) is 1. The van der Waals surface area contributed by atoms with Crippen molar-refractivity contribution in [2.24, 2.45) is 0 Å². The summed E-state index contributed by atoms with van der Waals surface area (Å²) in [6, 6.07) is 7.44. The topological polar surface area (TPSA) is 58.6 Å². The third-order valence-electron chi connectivity index (χ3n) is 3.57. The van der Waals surface area contributed by atoms with Crippen LogP contribution in [0, 0.1) is 0 Å². The third-order valence-corrected chi connectivity index (χ3v) is 5.33. The van der Waals surface area contributed by atoms with Crippen molar-refractivity contribution in [2.45, 2.75) is 17.9 Å². The van der Waals surface area contributed by atoms with Gasteiger partial charge in [-0.05, 0) is 31.3 Å². The van der Waals surface area contributed by atoms with Crippen molar-refractivity contribution < 1.29 is 13.2 Å². The molecule has 0 radical (unpaired) electrons. The van der Waals surface area contributed by atoms with Gasteiger partial charge in [-0.3, -0.25) is 0 Å². The van der Waals surface area contributed by atoms with Crippen molar-refractivity contribution in [3.05, 3.63) is 24.3 Å². The number of nitrogens with zero attached hydrogens (tertiary/aromatic N) is 1. The van der Waals surface area contributed by atoms with Gasteiger partial charge in [0.05, 0.1) is 29.9 Å². The van der Waals surface area contributed by atoms with Crippen LogP contribution in [0.3, 0.4) is 0 Å². The molecule has 6 heteroatoms. The van der Waals surface area contributed by atoms with E-state index >= 15 is 0 Å². The van der Waals surface area contributed by atoms with Gasteiger partial charge in [0, 0.05) is 18.8 Å². The van der Waals surface area contributed by atoms with Crippen LogP contribution in [0.5, 0.6) is 0 Å². The van der Waals surface area contributed by atoms with Gasteiger partial charge in [-0.15, -0.1) is 0 Å². The van der Waals surface area contributed by atoms with Gasteiger partial charge in [0.25, 0.3) is 0 Å². The smallest absolute Gasteiger partial charge is 0.178 e. The Morgan fingerprint density at radius 1 is 1.35 bits per heavy atom. The van der Waals surface area contributed by atoms with Crippen LogP contribution < -0.4 is 10.2 Å². The molecule has 1 aliphatic heterocycles. The Morgan fingerprint density at radius 2 is 2.05 bits per heavy atom. The summed E-state index contributed by atoms with van der Waals surface area (Å²) in [5.41, 5.74) is 1.05. The highest BCUT2D eigenvalue weighted by atomic mass is 32.2. The number of hydrogen-bond acceptors (Lipinski definition) is 5. The molecule has 2 rings (SSSR count). The minimum absolute atomic E-state index is 0.131. The van der Waals surface area contributed by atoms with Crippen molar-refractivity contribution in [1.29, 1.82) is 0 Å². The fourth-order valence-electron chi connectivity index (χ4n) is 2.41. The molecule has 112 valence electrons. The minimum atomic E-state index is -3.12. The molecule has 0 spiro atoms. The van der Waals surface area contributed by atoms with Crippen LogP contribution in [0.1, 0.15) is 6.92 Å². The zero-order valence-electron chi connectivity index (χ0n) is 12.0. The van der Waals surface area contributed by atoms with Gasteiger partial charge < -0.3 is 15.0 Å². The van der Waals surface area contributed by atoms with Gasteiger partial charge in [-0.2, -0.15) is 0 Å². The van der Waals surface area contributed by atoms with E-state index in [1.807, 2.05) is 19.2 Å². The predicted octanol–water partition coefficient (Wildman–Crippen LogP) is 0.905. The number of anilines is 1. The first-order chi connectivity index (χ1) is 9.58. The van der Waals surface area contributed by atoms with Crippen molar-refractivity contribution in [2.75, 3.05) is 44.0 Å². The maximum Gasteiger partial charge on any atom is 0.178 e. The summed E-state index contributed by atoms with van der Waals surface area (Å²) >= 11 is 0. The van der Waals surface area contributed by atoms with Crippen molar-refractivity contribution in [1.82, 2.24) is 5.32 Å². The SMILES string of the molecule is CCS(=O)(=O)c1ccc(N2CCOCC2CNC)cc1. The molecule has 0 bridgehead atoms. The van der Waals surface area contributed by atoms with E-state index in [0.29, 0.717) is 18.1 Å². The van der Waals surface area contributed by atoms with Crippen LogP contribution in [-0.2, 0) is 14.6 Å². The molecule has 0 saturated carbocycles. The zero-order valence-corrected chi connectivity index (χ0v) is 12.8. The molecule has 1 saturated heterocycles. The van der Waals surface area contributed by atoms with Gasteiger partial charge >= 0.3 is 0 Å². The van der Waals surface area contributed by atoms with E-state index in [0.717, 1.165) is 18.8 Å². The average Bonchev–Trinajstić information content (AvgIpc) is 2.48. The molecule has 1 aliphatic rings. The van der Waals surface area contributed by atoms with Crippen molar-refractivity contribution in [3.63, 3.8) is 0 Å². The van der Waals surface area contributed by atoms with Crippen LogP contribution in [0.4, 0.5) is 5.69 Å². The number of morpholine rings is 1. The lowest BCUT2D eigenvalue weighted by atomic mass is 10.2. The molecule has 0 aliphatic carbocycles. The summed E-state index contributed by atoms with van der Waals surface area (Å²) in [6.07, 6.45) is 0. The van der Waals surface area contributed by atoms with Crippen LogP contribution in [0.25, 0.3) is 0 Å². The highest BCUT2D eigenvalue weighted by Gasteiger charge is 2.23. The third kappa shape index (κ3) is 3.31. The summed E-state index contributed by atoms with van der Waals surface area (Å²) in [5.74, 6) is 0.131. The monoisotopic (exact) mass is 298 g/mol. The molecule has 1 aromatic carbocycles. The molecular weight excluding hydrogens is 276 g/mol. The molecule has 1 fully saturated rings. The molecule has 1 heterocycles. The van der Waals surface area contributed by atoms with Gasteiger partial charge in [0.1, 0.15) is 0 Å². The molecule has 1 atom stereocenters. The zero-order chi connectivity index (χ0) is 14.6. The Labute approximate surface area is 120 Å². The van der Waals surface area contributed by atoms with E-state index in [1.165, 1.54) is 0 Å². The second-order valence-electron chi connectivity index (χ2n) is 4.88. The molecule has 0 amide bonds. The first-order valence-electron chi connectivity index (χ1n) is 6.90. The largest absolute Gasteiger partial charge is 0.377 e. The quantitative estimate of drug-likeness (QED) is 0.875. The lowest BCUT2D eigenvalue weighted by Gasteiger charge is -2.37. The van der Waals surface area contributed by atoms with Crippen LogP contribution in [0.15, 0.2) is 29.2 Å². The van der Waals surface area contributed by atoms with Crippen molar-refractivity contribution >= 4 is 15.5 Å². The maximum atomic E-state index is 11.8. The second kappa shape index (κ2) is 6.56. The second-order valence-corrected chi connectivity index (χ2v) is 7.16. The van der Waals surface area contributed by atoms with Crippen LogP contribution in [0.2, 0.25) is 0 Å². The standard InChI is InChI=1S/C14H22N2O3S/c1-3-20(17,18)14-6-4-12(5-7-14)16-8-9-19-11-13(16)10-15-2/h4-7,13,15H,3,8-11H2,1-2H3. The lowest BCUT2D eigenvalue weighted by Crippen LogP contribution is -2.50. The number of rotatable bonds is 5. The number of hydrogen-bond donors (Lipinski definition) is 1. The maximum absolute atomic E-state index is 11.8. The molecule has 1 N–H and O–H groups in total. The Hall–Kier alpha value is -1.11. The molecule has 1 aromatic rings. The van der Waals surface area contributed by atoms with E-state index in [9.17, 15) is 8.42 Å². The summed E-state index contributed by atoms with van der Waals surface area (Å²) in [5, 5.41) is 3.16. The molecule has 5 nitrogen and oxygen atoms in total. The Kier molecular flexibility index (Phi) is 5.01. The first-order valence-corrected chi connectivity index (χ1v) is 8.55. The summed E-state index contributed by atoms with van der Waals surface area (Å²) < 4.78 is 29.1. The highest BCUT2D eigenvalue weighted by molar-refractivity contribution is 7.91. The molecular formula is C14H22N2O3S. The Morgan fingerprint density at radius 3 is 2.65 bits per heavy atom. The number of sulfone groups is 1. The number of benzene rings is 1. The predicted molar refractivity (Wildman–Crippen MR) is 80.0 cm³/mol. The normalized spacial score (nSPS) is 20.1. The highest BCUT2D eigenvalue weighted by Crippen LogP contribution is 2.22. The number of likely N-dealkylation sites (N-methyl/N-ethyl adjacent to an activating group) is 1.